The minimum absolute atomic E-state index is 0.216. The van der Waals surface area contributed by atoms with E-state index in [4.69, 9.17) is 9.15 Å². The molecule has 0 atom stereocenters. The molecule has 1 heterocycles. The highest BCUT2D eigenvalue weighted by Crippen LogP contribution is 2.15. The third-order valence-electron chi connectivity index (χ3n) is 2.61. The van der Waals surface area contributed by atoms with Gasteiger partial charge in [0.1, 0.15) is 11.5 Å². The van der Waals surface area contributed by atoms with Gasteiger partial charge in [-0.2, -0.15) is 0 Å². The number of furan rings is 1. The van der Waals surface area contributed by atoms with Crippen molar-refractivity contribution in [2.75, 3.05) is 13.7 Å². The van der Waals surface area contributed by atoms with Crippen molar-refractivity contribution in [1.29, 1.82) is 0 Å². The molecule has 0 aliphatic rings. The van der Waals surface area contributed by atoms with Crippen LogP contribution in [0, 0.1) is 0 Å². The zero-order valence-electron chi connectivity index (χ0n) is 10.5. The maximum atomic E-state index is 12.0. The molecule has 19 heavy (non-hydrogen) atoms. The minimum atomic E-state index is -3.49. The molecule has 6 heteroatoms. The average molecular weight is 281 g/mol. The fourth-order valence-electron chi connectivity index (χ4n) is 1.60. The molecule has 0 fully saturated rings. The second-order valence-corrected chi connectivity index (χ2v) is 5.67. The van der Waals surface area contributed by atoms with E-state index < -0.39 is 10.0 Å². The number of nitrogens with one attached hydrogen (secondary N) is 1. The SMILES string of the molecule is COc1ccc(S(=O)(=O)NCCc2ccco2)cc1. The van der Waals surface area contributed by atoms with E-state index >= 15 is 0 Å². The Labute approximate surface area is 112 Å². The molecule has 1 aromatic heterocycles. The minimum Gasteiger partial charge on any atom is -0.497 e. The summed E-state index contributed by atoms with van der Waals surface area (Å²) in [7, 11) is -1.95. The molecule has 0 unspecified atom stereocenters. The van der Waals surface area contributed by atoms with Crippen molar-refractivity contribution < 1.29 is 17.6 Å². The molecule has 2 rings (SSSR count). The number of benzene rings is 1. The Morgan fingerprint density at radius 3 is 2.53 bits per heavy atom. The molecular formula is C13H15NO4S. The maximum Gasteiger partial charge on any atom is 0.240 e. The molecule has 0 amide bonds. The third-order valence-corrected chi connectivity index (χ3v) is 4.09. The van der Waals surface area contributed by atoms with Crippen molar-refractivity contribution in [1.82, 2.24) is 4.72 Å². The third kappa shape index (κ3) is 3.59. The molecule has 0 bridgehead atoms. The van der Waals surface area contributed by atoms with E-state index in [1.165, 1.54) is 19.2 Å². The topological polar surface area (TPSA) is 68.5 Å². The number of methoxy groups -OCH3 is 1. The lowest BCUT2D eigenvalue weighted by molar-refractivity contribution is 0.414. The van der Waals surface area contributed by atoms with Gasteiger partial charge < -0.3 is 9.15 Å². The molecule has 0 saturated carbocycles. The zero-order valence-corrected chi connectivity index (χ0v) is 11.3. The lowest BCUT2D eigenvalue weighted by Gasteiger charge is -2.06. The summed E-state index contributed by atoms with van der Waals surface area (Å²) in [5.74, 6) is 1.37. The second-order valence-electron chi connectivity index (χ2n) is 3.90. The van der Waals surface area contributed by atoms with Crippen LogP contribution in [-0.2, 0) is 16.4 Å². The quantitative estimate of drug-likeness (QED) is 0.876. The Morgan fingerprint density at radius 2 is 1.95 bits per heavy atom. The normalized spacial score (nSPS) is 11.4. The summed E-state index contributed by atoms with van der Waals surface area (Å²) in [6, 6.07) is 9.82. The van der Waals surface area contributed by atoms with E-state index in [-0.39, 0.29) is 4.90 Å². The number of hydrogen-bond donors (Lipinski definition) is 1. The second kappa shape index (κ2) is 5.90. The van der Waals surface area contributed by atoms with Crippen LogP contribution in [-0.4, -0.2) is 22.1 Å². The summed E-state index contributed by atoms with van der Waals surface area (Å²) in [5.41, 5.74) is 0. The van der Waals surface area contributed by atoms with Gasteiger partial charge in [-0.15, -0.1) is 0 Å². The largest absolute Gasteiger partial charge is 0.497 e. The highest BCUT2D eigenvalue weighted by atomic mass is 32.2. The van der Waals surface area contributed by atoms with Crippen LogP contribution in [0.25, 0.3) is 0 Å². The van der Waals surface area contributed by atoms with Crippen molar-refractivity contribution in [3.8, 4) is 5.75 Å². The molecule has 2 aromatic rings. The number of rotatable bonds is 6. The molecule has 1 aromatic carbocycles. The molecule has 102 valence electrons. The first kappa shape index (κ1) is 13.6. The fraction of sp³-hybridized carbons (Fsp3) is 0.231. The monoisotopic (exact) mass is 281 g/mol. The molecule has 0 aliphatic carbocycles. The van der Waals surface area contributed by atoms with E-state index in [0.717, 1.165) is 5.76 Å². The van der Waals surface area contributed by atoms with Crippen molar-refractivity contribution in [3.63, 3.8) is 0 Å². The van der Waals surface area contributed by atoms with Gasteiger partial charge >= 0.3 is 0 Å². The Kier molecular flexibility index (Phi) is 4.24. The molecule has 1 N–H and O–H groups in total. The first-order chi connectivity index (χ1) is 9.12. The van der Waals surface area contributed by atoms with E-state index in [1.54, 1.807) is 24.5 Å². The molecule has 0 spiro atoms. The van der Waals surface area contributed by atoms with Crippen LogP contribution < -0.4 is 9.46 Å². The van der Waals surface area contributed by atoms with Crippen molar-refractivity contribution >= 4 is 10.0 Å². The summed E-state index contributed by atoms with van der Waals surface area (Å²) in [6.45, 7) is 0.294. The van der Waals surface area contributed by atoms with Crippen LogP contribution in [0.5, 0.6) is 5.75 Å². The molecule has 0 aliphatic heterocycles. The molecular weight excluding hydrogens is 266 g/mol. The standard InChI is InChI=1S/C13H15NO4S/c1-17-11-4-6-13(7-5-11)19(15,16)14-9-8-12-3-2-10-18-12/h2-7,10,14H,8-9H2,1H3. The summed E-state index contributed by atoms with van der Waals surface area (Å²) < 4.78 is 36.6. The first-order valence-corrected chi connectivity index (χ1v) is 7.26. The Balaban J connectivity index is 1.97. The van der Waals surface area contributed by atoms with Gasteiger partial charge in [-0.3, -0.25) is 0 Å². The van der Waals surface area contributed by atoms with Gasteiger partial charge in [0.15, 0.2) is 0 Å². The summed E-state index contributed by atoms with van der Waals surface area (Å²) in [4.78, 5) is 0.216. The predicted octanol–water partition coefficient (Wildman–Crippen LogP) is 1.81. The summed E-state index contributed by atoms with van der Waals surface area (Å²) >= 11 is 0. The maximum absolute atomic E-state index is 12.0. The Bertz CT molecular complexity index is 603. The van der Waals surface area contributed by atoms with E-state index in [1.807, 2.05) is 6.07 Å². The predicted molar refractivity (Wildman–Crippen MR) is 70.6 cm³/mol. The fourth-order valence-corrected chi connectivity index (χ4v) is 2.63. The van der Waals surface area contributed by atoms with Crippen molar-refractivity contribution in [2.24, 2.45) is 0 Å². The Hall–Kier alpha value is -1.79. The Morgan fingerprint density at radius 1 is 1.21 bits per heavy atom. The van der Waals surface area contributed by atoms with Crippen LogP contribution in [0.1, 0.15) is 5.76 Å². The lowest BCUT2D eigenvalue weighted by Crippen LogP contribution is -2.25. The van der Waals surface area contributed by atoms with Gasteiger partial charge in [-0.05, 0) is 36.4 Å². The van der Waals surface area contributed by atoms with Gasteiger partial charge in [0, 0.05) is 13.0 Å². The summed E-state index contributed by atoms with van der Waals surface area (Å²) in [5, 5.41) is 0. The first-order valence-electron chi connectivity index (χ1n) is 5.78. The number of ether oxygens (including phenoxy) is 1. The lowest BCUT2D eigenvalue weighted by atomic mass is 10.3. The van der Waals surface area contributed by atoms with Gasteiger partial charge in [-0.25, -0.2) is 13.1 Å². The van der Waals surface area contributed by atoms with E-state index in [0.29, 0.717) is 18.7 Å². The van der Waals surface area contributed by atoms with Gasteiger partial charge in [0.25, 0.3) is 0 Å². The molecule has 5 nitrogen and oxygen atoms in total. The zero-order chi connectivity index (χ0) is 13.7. The van der Waals surface area contributed by atoms with Gasteiger partial charge in [0.2, 0.25) is 10.0 Å². The van der Waals surface area contributed by atoms with Crippen molar-refractivity contribution in [3.05, 3.63) is 48.4 Å². The van der Waals surface area contributed by atoms with Crippen LogP contribution in [0.4, 0.5) is 0 Å². The number of sulfonamides is 1. The van der Waals surface area contributed by atoms with Crippen LogP contribution in [0.15, 0.2) is 52.0 Å². The average Bonchev–Trinajstić information content (AvgIpc) is 2.92. The van der Waals surface area contributed by atoms with Crippen LogP contribution in [0.3, 0.4) is 0 Å². The molecule has 0 saturated heterocycles. The van der Waals surface area contributed by atoms with Crippen molar-refractivity contribution in [2.45, 2.75) is 11.3 Å². The summed E-state index contributed by atoms with van der Waals surface area (Å²) in [6.07, 6.45) is 2.08. The van der Waals surface area contributed by atoms with E-state index in [2.05, 4.69) is 4.72 Å². The smallest absolute Gasteiger partial charge is 0.240 e. The van der Waals surface area contributed by atoms with Gasteiger partial charge in [-0.1, -0.05) is 0 Å². The highest BCUT2D eigenvalue weighted by Gasteiger charge is 2.13. The number of hydrogen-bond acceptors (Lipinski definition) is 4. The van der Waals surface area contributed by atoms with E-state index in [9.17, 15) is 8.42 Å². The molecule has 0 radical (unpaired) electrons. The van der Waals surface area contributed by atoms with Gasteiger partial charge in [0.05, 0.1) is 18.3 Å². The van der Waals surface area contributed by atoms with Crippen LogP contribution in [0.2, 0.25) is 0 Å². The highest BCUT2D eigenvalue weighted by molar-refractivity contribution is 7.89. The van der Waals surface area contributed by atoms with Crippen LogP contribution >= 0.6 is 0 Å².